The maximum atomic E-state index is 11.0. The van der Waals surface area contributed by atoms with Gasteiger partial charge < -0.3 is 4.42 Å². The Kier molecular flexibility index (Phi) is 5.35. The molecule has 0 spiro atoms. The summed E-state index contributed by atoms with van der Waals surface area (Å²) in [6, 6.07) is 19.6. The zero-order valence-corrected chi connectivity index (χ0v) is 16.0. The predicted octanol–water partition coefficient (Wildman–Crippen LogP) is 5.75. The van der Waals surface area contributed by atoms with Gasteiger partial charge in [-0.25, -0.2) is 0 Å². The first-order valence-electron chi connectivity index (χ1n) is 9.23. The van der Waals surface area contributed by atoms with Gasteiger partial charge in [-0.05, 0) is 71.3 Å². The van der Waals surface area contributed by atoms with Crippen LogP contribution in [0, 0.1) is 20.2 Å². The van der Waals surface area contributed by atoms with Crippen molar-refractivity contribution in [2.24, 2.45) is 0 Å². The summed E-state index contributed by atoms with van der Waals surface area (Å²) in [4.78, 5) is 24.9. The molecule has 4 rings (SSSR count). The third-order valence-electron chi connectivity index (χ3n) is 4.66. The van der Waals surface area contributed by atoms with Crippen LogP contribution in [0.2, 0.25) is 0 Å². The van der Waals surface area contributed by atoms with Crippen molar-refractivity contribution in [3.05, 3.63) is 122 Å². The lowest BCUT2D eigenvalue weighted by Crippen LogP contribution is -1.91. The molecule has 0 unspecified atom stereocenters. The zero-order chi connectivity index (χ0) is 21.8. The number of hydrogen-bond donors (Lipinski definition) is 0. The lowest BCUT2D eigenvalue weighted by atomic mass is 9.97. The molecule has 4 aromatic rings. The van der Waals surface area contributed by atoms with Crippen LogP contribution >= 0.6 is 0 Å². The summed E-state index contributed by atoms with van der Waals surface area (Å²) >= 11 is 0. The molecule has 8 heteroatoms. The second-order valence-electron chi connectivity index (χ2n) is 6.60. The highest BCUT2D eigenvalue weighted by molar-refractivity contribution is 5.90. The molecule has 0 saturated carbocycles. The van der Waals surface area contributed by atoms with E-state index in [-0.39, 0.29) is 11.4 Å². The maximum absolute atomic E-state index is 11.0. The first-order valence-corrected chi connectivity index (χ1v) is 9.23. The second-order valence-corrected chi connectivity index (χ2v) is 6.60. The highest BCUT2D eigenvalue weighted by Crippen LogP contribution is 2.30. The largest absolute Gasteiger partial charge is 0.457 e. The zero-order valence-electron chi connectivity index (χ0n) is 16.0. The maximum Gasteiger partial charge on any atom is 0.269 e. The van der Waals surface area contributed by atoms with Crippen molar-refractivity contribution in [1.29, 1.82) is 0 Å². The van der Waals surface area contributed by atoms with E-state index in [9.17, 15) is 20.2 Å². The molecule has 0 fully saturated rings. The van der Waals surface area contributed by atoms with Gasteiger partial charge in [-0.15, -0.1) is 0 Å². The van der Waals surface area contributed by atoms with Crippen LogP contribution in [0.4, 0.5) is 11.4 Å². The SMILES string of the molecule is O=[N+]([O-])c1ccc(/C(=C/c2ccc(-c3ccc([N+](=O)[O-])cc3)o2)c2ccncc2)cc1. The Hall–Kier alpha value is -4.59. The minimum absolute atomic E-state index is 0.00793. The van der Waals surface area contributed by atoms with Gasteiger partial charge in [0, 0.05) is 42.2 Å². The Morgan fingerprint density at radius 2 is 1.29 bits per heavy atom. The minimum Gasteiger partial charge on any atom is -0.457 e. The molecule has 2 aromatic carbocycles. The van der Waals surface area contributed by atoms with Crippen molar-refractivity contribution >= 4 is 23.0 Å². The van der Waals surface area contributed by atoms with Crippen LogP contribution < -0.4 is 0 Å². The van der Waals surface area contributed by atoms with E-state index < -0.39 is 9.85 Å². The van der Waals surface area contributed by atoms with Gasteiger partial charge in [-0.2, -0.15) is 0 Å². The van der Waals surface area contributed by atoms with Crippen molar-refractivity contribution in [3.63, 3.8) is 0 Å². The summed E-state index contributed by atoms with van der Waals surface area (Å²) in [5.41, 5.74) is 3.19. The number of aromatic nitrogens is 1. The first kappa shape index (κ1) is 19.7. The molecule has 0 saturated heterocycles. The van der Waals surface area contributed by atoms with E-state index in [1.807, 2.05) is 18.2 Å². The summed E-state index contributed by atoms with van der Waals surface area (Å²) in [5.74, 6) is 1.14. The lowest BCUT2D eigenvalue weighted by Gasteiger charge is -2.08. The van der Waals surface area contributed by atoms with Gasteiger partial charge in [0.1, 0.15) is 11.5 Å². The molecule has 2 aromatic heterocycles. The van der Waals surface area contributed by atoms with E-state index in [0.29, 0.717) is 17.1 Å². The number of non-ortho nitro benzene ring substituents is 2. The second kappa shape index (κ2) is 8.42. The van der Waals surface area contributed by atoms with Crippen LogP contribution in [0.15, 0.2) is 89.6 Å². The molecule has 2 heterocycles. The van der Waals surface area contributed by atoms with Gasteiger partial charge >= 0.3 is 0 Å². The van der Waals surface area contributed by atoms with Crippen molar-refractivity contribution in [1.82, 2.24) is 4.98 Å². The van der Waals surface area contributed by atoms with Gasteiger partial charge in [0.05, 0.1) is 9.85 Å². The highest BCUT2D eigenvalue weighted by atomic mass is 16.6. The molecule has 0 aliphatic rings. The fraction of sp³-hybridized carbons (Fsp3) is 0. The van der Waals surface area contributed by atoms with Gasteiger partial charge in [0.25, 0.3) is 11.4 Å². The number of benzene rings is 2. The van der Waals surface area contributed by atoms with Crippen LogP contribution in [-0.4, -0.2) is 14.8 Å². The van der Waals surface area contributed by atoms with Crippen molar-refractivity contribution < 1.29 is 14.3 Å². The molecule has 0 atom stereocenters. The monoisotopic (exact) mass is 413 g/mol. The molecule has 0 N–H and O–H groups in total. The molecule has 0 bridgehead atoms. The molecule has 152 valence electrons. The Labute approximate surface area is 176 Å². The number of furan rings is 1. The molecule has 8 nitrogen and oxygen atoms in total. The number of nitro groups is 2. The van der Waals surface area contributed by atoms with Gasteiger partial charge in [-0.3, -0.25) is 25.2 Å². The van der Waals surface area contributed by atoms with Gasteiger partial charge in [0.15, 0.2) is 0 Å². The van der Waals surface area contributed by atoms with Crippen LogP contribution in [-0.2, 0) is 0 Å². The molecular formula is C23H15N3O5. The number of hydrogen-bond acceptors (Lipinski definition) is 6. The molecular weight excluding hydrogens is 398 g/mol. The van der Waals surface area contributed by atoms with E-state index in [4.69, 9.17) is 4.42 Å². The standard InChI is InChI=1S/C23H15N3O5/c27-25(28)19-5-1-16(2-6-19)22(17-11-13-24-14-12-17)15-21-9-10-23(31-21)18-3-7-20(8-4-18)26(29)30/h1-15H/b22-15-. The Morgan fingerprint density at radius 1 is 0.742 bits per heavy atom. The predicted molar refractivity (Wildman–Crippen MR) is 115 cm³/mol. The minimum atomic E-state index is -0.453. The summed E-state index contributed by atoms with van der Waals surface area (Å²) in [5, 5.41) is 21.8. The van der Waals surface area contributed by atoms with Crippen LogP contribution in [0.3, 0.4) is 0 Å². The van der Waals surface area contributed by atoms with Crippen LogP contribution in [0.1, 0.15) is 16.9 Å². The normalized spacial score (nSPS) is 11.3. The smallest absolute Gasteiger partial charge is 0.269 e. The molecule has 0 radical (unpaired) electrons. The number of nitro benzene ring substituents is 2. The van der Waals surface area contributed by atoms with Gasteiger partial charge in [-0.1, -0.05) is 0 Å². The molecule has 0 amide bonds. The third-order valence-corrected chi connectivity index (χ3v) is 4.66. The van der Waals surface area contributed by atoms with E-state index in [2.05, 4.69) is 4.98 Å². The number of pyridine rings is 1. The quantitative estimate of drug-likeness (QED) is 0.294. The Morgan fingerprint density at radius 3 is 1.87 bits per heavy atom. The van der Waals surface area contributed by atoms with E-state index in [1.165, 1.54) is 24.3 Å². The van der Waals surface area contributed by atoms with E-state index in [0.717, 1.165) is 16.7 Å². The molecule has 31 heavy (non-hydrogen) atoms. The van der Waals surface area contributed by atoms with Crippen LogP contribution in [0.25, 0.3) is 23.0 Å². The van der Waals surface area contributed by atoms with Gasteiger partial charge in [0.2, 0.25) is 0 Å². The van der Waals surface area contributed by atoms with Crippen molar-refractivity contribution in [2.45, 2.75) is 0 Å². The van der Waals surface area contributed by atoms with Crippen molar-refractivity contribution in [2.75, 3.05) is 0 Å². The summed E-state index contributed by atoms with van der Waals surface area (Å²) in [6.07, 6.45) is 5.17. The van der Waals surface area contributed by atoms with Crippen molar-refractivity contribution in [3.8, 4) is 11.3 Å². The fourth-order valence-electron chi connectivity index (χ4n) is 3.10. The molecule has 0 aliphatic carbocycles. The third kappa shape index (κ3) is 4.38. The Bertz CT molecular complexity index is 1260. The van der Waals surface area contributed by atoms with E-state index >= 15 is 0 Å². The average molecular weight is 413 g/mol. The molecule has 0 aliphatic heterocycles. The highest BCUT2D eigenvalue weighted by Gasteiger charge is 2.12. The Balaban J connectivity index is 1.71. The summed E-state index contributed by atoms with van der Waals surface area (Å²) in [6.45, 7) is 0. The fourth-order valence-corrected chi connectivity index (χ4v) is 3.10. The number of nitrogens with zero attached hydrogens (tertiary/aromatic N) is 3. The first-order chi connectivity index (χ1) is 15.0. The lowest BCUT2D eigenvalue weighted by molar-refractivity contribution is -0.385. The summed E-state index contributed by atoms with van der Waals surface area (Å²) < 4.78 is 5.94. The topological polar surface area (TPSA) is 112 Å². The summed E-state index contributed by atoms with van der Waals surface area (Å²) in [7, 11) is 0. The average Bonchev–Trinajstić information content (AvgIpc) is 3.27. The van der Waals surface area contributed by atoms with Crippen LogP contribution in [0.5, 0.6) is 0 Å². The number of rotatable bonds is 6. The van der Waals surface area contributed by atoms with E-state index in [1.54, 1.807) is 48.8 Å².